The van der Waals surface area contributed by atoms with E-state index in [-0.39, 0.29) is 43.0 Å². The second-order valence-corrected chi connectivity index (χ2v) is 9.24. The lowest BCUT2D eigenvalue weighted by Crippen LogP contribution is -2.29. The highest BCUT2D eigenvalue weighted by Crippen LogP contribution is 2.37. The summed E-state index contributed by atoms with van der Waals surface area (Å²) in [5, 5.41) is 0. The highest BCUT2D eigenvalue weighted by molar-refractivity contribution is 5.86. The van der Waals surface area contributed by atoms with Gasteiger partial charge in [0.25, 0.3) is 0 Å². The fourth-order valence-corrected chi connectivity index (χ4v) is 4.55. The van der Waals surface area contributed by atoms with Crippen molar-refractivity contribution < 1.29 is 27.9 Å². The Hall–Kier alpha value is -2.11. The number of carbonyl (C=O) groups is 3. The first-order valence-electron chi connectivity index (χ1n) is 12.5. The van der Waals surface area contributed by atoms with Crippen molar-refractivity contribution in [2.45, 2.75) is 103 Å². The predicted octanol–water partition coefficient (Wildman–Crippen LogP) is 6.84. The number of hydrogen-bond donors (Lipinski definition) is 0. The van der Waals surface area contributed by atoms with E-state index in [1.54, 1.807) is 0 Å². The van der Waals surface area contributed by atoms with E-state index in [4.69, 9.17) is 4.74 Å². The standard InChI is InChI=1S/C27H38F2O4/c1-2-3-19-27(28,29)25(31)18-16-22-15-17-24(30)23(22)13-9-4-5-10-14-26(32)33-20-21-11-7-6-8-12-21/h6-8,11-12,22-23H,2-5,9-10,13-20H2,1H3/t22-,23?/m1/s1. The molecule has 1 aliphatic carbocycles. The van der Waals surface area contributed by atoms with Gasteiger partial charge >= 0.3 is 11.9 Å². The molecule has 1 aromatic rings. The number of halogens is 2. The number of ether oxygens (including phenoxy) is 1. The van der Waals surface area contributed by atoms with Gasteiger partial charge in [-0.25, -0.2) is 0 Å². The third-order valence-electron chi connectivity index (χ3n) is 6.63. The fraction of sp³-hybridized carbons (Fsp3) is 0.667. The average Bonchev–Trinajstić information content (AvgIpc) is 3.16. The van der Waals surface area contributed by atoms with Gasteiger partial charge in [0, 0.05) is 31.6 Å². The maximum atomic E-state index is 13.9. The number of carbonyl (C=O) groups excluding carboxylic acids is 3. The summed E-state index contributed by atoms with van der Waals surface area (Å²) in [4.78, 5) is 36.1. The number of ketones is 2. The molecule has 0 bridgehead atoms. The number of hydrogen-bond acceptors (Lipinski definition) is 4. The van der Waals surface area contributed by atoms with E-state index >= 15 is 0 Å². The van der Waals surface area contributed by atoms with E-state index in [0.29, 0.717) is 38.5 Å². The summed E-state index contributed by atoms with van der Waals surface area (Å²) in [5.74, 6) is -4.29. The van der Waals surface area contributed by atoms with Crippen LogP contribution in [0.2, 0.25) is 0 Å². The van der Waals surface area contributed by atoms with Crippen molar-refractivity contribution in [2.75, 3.05) is 0 Å². The van der Waals surface area contributed by atoms with Gasteiger partial charge in [-0.2, -0.15) is 8.78 Å². The Balaban J connectivity index is 1.60. The molecule has 1 saturated carbocycles. The van der Waals surface area contributed by atoms with E-state index in [1.807, 2.05) is 37.3 Å². The van der Waals surface area contributed by atoms with Gasteiger partial charge in [0.05, 0.1) is 0 Å². The molecule has 1 unspecified atom stereocenters. The molecule has 0 radical (unpaired) electrons. The summed E-state index contributed by atoms with van der Waals surface area (Å²) < 4.78 is 33.1. The van der Waals surface area contributed by atoms with Crippen LogP contribution >= 0.6 is 0 Å². The summed E-state index contributed by atoms with van der Waals surface area (Å²) in [5.41, 5.74) is 0.966. The van der Waals surface area contributed by atoms with Gasteiger partial charge in [-0.05, 0) is 43.6 Å². The zero-order valence-electron chi connectivity index (χ0n) is 19.8. The Bertz CT molecular complexity index is 748. The second kappa shape index (κ2) is 14.2. The predicted molar refractivity (Wildman–Crippen MR) is 124 cm³/mol. The number of esters is 1. The molecule has 2 rings (SSSR count). The third-order valence-corrected chi connectivity index (χ3v) is 6.63. The van der Waals surface area contributed by atoms with Gasteiger partial charge in [-0.3, -0.25) is 14.4 Å². The highest BCUT2D eigenvalue weighted by Gasteiger charge is 2.39. The maximum absolute atomic E-state index is 13.9. The van der Waals surface area contributed by atoms with Crippen molar-refractivity contribution in [3.8, 4) is 0 Å². The minimum Gasteiger partial charge on any atom is -0.461 e. The van der Waals surface area contributed by atoms with Crippen LogP contribution in [0.15, 0.2) is 30.3 Å². The van der Waals surface area contributed by atoms with Gasteiger partial charge in [0.15, 0.2) is 0 Å². The van der Waals surface area contributed by atoms with Crippen LogP contribution in [0, 0.1) is 11.8 Å². The zero-order chi connectivity index (χ0) is 24.1. The summed E-state index contributed by atoms with van der Waals surface area (Å²) in [6.07, 6.45) is 6.55. The number of rotatable bonds is 16. The molecule has 0 aliphatic heterocycles. The van der Waals surface area contributed by atoms with Gasteiger partial charge in [-0.1, -0.05) is 62.9 Å². The van der Waals surface area contributed by atoms with Gasteiger partial charge in [0.2, 0.25) is 5.78 Å². The first kappa shape index (κ1) is 27.1. The van der Waals surface area contributed by atoms with Crippen molar-refractivity contribution in [2.24, 2.45) is 11.8 Å². The van der Waals surface area contributed by atoms with Crippen LogP contribution in [0.3, 0.4) is 0 Å². The van der Waals surface area contributed by atoms with Crippen molar-refractivity contribution in [1.82, 2.24) is 0 Å². The Labute approximate surface area is 196 Å². The molecule has 6 heteroatoms. The first-order chi connectivity index (χ1) is 15.8. The molecule has 1 aromatic carbocycles. The average molecular weight is 465 g/mol. The van der Waals surface area contributed by atoms with Crippen LogP contribution in [-0.4, -0.2) is 23.5 Å². The van der Waals surface area contributed by atoms with Crippen molar-refractivity contribution in [1.29, 1.82) is 0 Å². The Kier molecular flexibility index (Phi) is 11.7. The monoisotopic (exact) mass is 464 g/mol. The molecular formula is C27H38F2O4. The van der Waals surface area contributed by atoms with E-state index in [2.05, 4.69) is 0 Å². The number of Topliss-reactive ketones (excluding diaryl/α,β-unsaturated/α-hetero) is 2. The van der Waals surface area contributed by atoms with Crippen LogP contribution in [0.25, 0.3) is 0 Å². The lowest BCUT2D eigenvalue weighted by molar-refractivity contribution is -0.145. The summed E-state index contributed by atoms with van der Waals surface area (Å²) in [7, 11) is 0. The Morgan fingerprint density at radius 2 is 1.73 bits per heavy atom. The third kappa shape index (κ3) is 9.73. The molecule has 184 valence electrons. The summed E-state index contributed by atoms with van der Waals surface area (Å²) in [6, 6.07) is 9.56. The van der Waals surface area contributed by atoms with E-state index in [9.17, 15) is 23.2 Å². The van der Waals surface area contributed by atoms with Gasteiger partial charge < -0.3 is 4.74 Å². The molecule has 1 aliphatic rings. The minimum atomic E-state index is -3.24. The van der Waals surface area contributed by atoms with Crippen LogP contribution in [0.1, 0.15) is 96.0 Å². The quantitative estimate of drug-likeness (QED) is 0.198. The van der Waals surface area contributed by atoms with Crippen molar-refractivity contribution in [3.63, 3.8) is 0 Å². The zero-order valence-corrected chi connectivity index (χ0v) is 19.8. The highest BCUT2D eigenvalue weighted by atomic mass is 19.3. The topological polar surface area (TPSA) is 60.4 Å². The van der Waals surface area contributed by atoms with Gasteiger partial charge in [-0.15, -0.1) is 0 Å². The van der Waals surface area contributed by atoms with Crippen LogP contribution in [0.5, 0.6) is 0 Å². The number of alkyl halides is 2. The Morgan fingerprint density at radius 1 is 1.00 bits per heavy atom. The molecule has 0 amide bonds. The lowest BCUT2D eigenvalue weighted by atomic mass is 9.85. The summed E-state index contributed by atoms with van der Waals surface area (Å²) in [6.45, 7) is 2.12. The van der Waals surface area contributed by atoms with E-state index < -0.39 is 11.7 Å². The van der Waals surface area contributed by atoms with E-state index in [0.717, 1.165) is 37.7 Å². The molecule has 0 heterocycles. The first-order valence-corrected chi connectivity index (χ1v) is 12.5. The fourth-order valence-electron chi connectivity index (χ4n) is 4.55. The normalized spacial score (nSPS) is 18.5. The minimum absolute atomic E-state index is 0.0383. The van der Waals surface area contributed by atoms with Crippen LogP contribution < -0.4 is 0 Å². The SMILES string of the molecule is CCCCC(F)(F)C(=O)CC[C@H]1CCC(=O)C1CCCCCCC(=O)OCc1ccccc1. The van der Waals surface area contributed by atoms with Crippen molar-refractivity contribution >= 4 is 17.5 Å². The Morgan fingerprint density at radius 3 is 2.45 bits per heavy atom. The maximum Gasteiger partial charge on any atom is 0.306 e. The molecule has 0 spiro atoms. The molecular weight excluding hydrogens is 426 g/mol. The molecule has 33 heavy (non-hydrogen) atoms. The molecule has 4 nitrogen and oxygen atoms in total. The summed E-state index contributed by atoms with van der Waals surface area (Å²) >= 11 is 0. The molecule has 0 saturated heterocycles. The second-order valence-electron chi connectivity index (χ2n) is 9.24. The largest absolute Gasteiger partial charge is 0.461 e. The van der Waals surface area contributed by atoms with Crippen LogP contribution in [-0.2, 0) is 25.7 Å². The molecule has 0 N–H and O–H groups in total. The van der Waals surface area contributed by atoms with Crippen LogP contribution in [0.4, 0.5) is 8.78 Å². The lowest BCUT2D eigenvalue weighted by Gasteiger charge is -2.20. The van der Waals surface area contributed by atoms with Gasteiger partial charge in [0.1, 0.15) is 12.4 Å². The molecule has 2 atom stereocenters. The smallest absolute Gasteiger partial charge is 0.306 e. The van der Waals surface area contributed by atoms with E-state index in [1.165, 1.54) is 0 Å². The van der Waals surface area contributed by atoms with Crippen molar-refractivity contribution in [3.05, 3.63) is 35.9 Å². The number of unbranched alkanes of at least 4 members (excludes halogenated alkanes) is 4. The molecule has 1 fully saturated rings. The molecule has 0 aromatic heterocycles. The number of benzene rings is 1.